The second kappa shape index (κ2) is 9.82. The largest absolute Gasteiger partial charge is 0.472 e. The maximum atomic E-state index is 11.8. The smallest absolute Gasteiger partial charge is 0.250 e. The topological polar surface area (TPSA) is 56.2 Å². The second-order valence-corrected chi connectivity index (χ2v) is 8.30. The highest BCUT2D eigenvalue weighted by Gasteiger charge is 2.19. The summed E-state index contributed by atoms with van der Waals surface area (Å²) in [5.74, 6) is 1.43. The van der Waals surface area contributed by atoms with E-state index in [0.717, 1.165) is 33.6 Å². The lowest BCUT2D eigenvalue weighted by Gasteiger charge is -2.21. The molecule has 5 heteroatoms. The number of fused-ring (bicyclic) bond motifs is 3. The number of pyridine rings is 2. The Morgan fingerprint density at radius 1 is 0.871 bits per heavy atom. The fourth-order valence-electron chi connectivity index (χ4n) is 4.16. The van der Waals surface area contributed by atoms with E-state index in [1.165, 1.54) is 44.9 Å². The number of rotatable bonds is 2. The van der Waals surface area contributed by atoms with Crippen molar-refractivity contribution in [3.05, 3.63) is 64.6 Å². The van der Waals surface area contributed by atoms with Gasteiger partial charge in [0, 0.05) is 31.9 Å². The van der Waals surface area contributed by atoms with Crippen LogP contribution in [0, 0.1) is 0 Å². The van der Waals surface area contributed by atoms with Gasteiger partial charge >= 0.3 is 0 Å². The van der Waals surface area contributed by atoms with E-state index < -0.39 is 0 Å². The zero-order valence-electron chi connectivity index (χ0n) is 18.5. The first kappa shape index (κ1) is 21.2. The van der Waals surface area contributed by atoms with Crippen molar-refractivity contribution in [2.75, 3.05) is 12.4 Å². The third-order valence-corrected chi connectivity index (χ3v) is 6.06. The number of hydrogen-bond donors (Lipinski definition) is 1. The zero-order chi connectivity index (χ0) is 21.6. The average molecular weight is 418 g/mol. The predicted molar refractivity (Wildman–Crippen MR) is 127 cm³/mol. The molecule has 0 saturated heterocycles. The highest BCUT2D eigenvalue weighted by Crippen LogP contribution is 2.38. The molecule has 0 spiro atoms. The van der Waals surface area contributed by atoms with Crippen molar-refractivity contribution in [1.82, 2.24) is 9.55 Å². The number of ether oxygens (including phenoxy) is 1. The monoisotopic (exact) mass is 417 g/mol. The molecule has 2 aliphatic rings. The lowest BCUT2D eigenvalue weighted by atomic mass is 9.95. The van der Waals surface area contributed by atoms with E-state index in [2.05, 4.69) is 22.4 Å². The summed E-state index contributed by atoms with van der Waals surface area (Å²) in [6, 6.07) is 13.7. The van der Waals surface area contributed by atoms with Gasteiger partial charge in [-0.15, -0.1) is 0 Å². The van der Waals surface area contributed by atoms with Crippen LogP contribution < -0.4 is 15.6 Å². The van der Waals surface area contributed by atoms with Crippen LogP contribution in [0.1, 0.15) is 50.5 Å². The normalized spacial score (nSPS) is 14.8. The molecular weight excluding hydrogens is 386 g/mol. The van der Waals surface area contributed by atoms with Gasteiger partial charge in [0.1, 0.15) is 12.4 Å². The van der Waals surface area contributed by atoms with Gasteiger partial charge in [-0.25, -0.2) is 0 Å². The quantitative estimate of drug-likeness (QED) is 0.537. The molecule has 5 nitrogen and oxygen atoms in total. The molecule has 0 bridgehead atoms. The molecule has 162 valence electrons. The van der Waals surface area contributed by atoms with Gasteiger partial charge in [0.2, 0.25) is 5.88 Å². The Kier molecular flexibility index (Phi) is 6.70. The number of benzene rings is 1. The highest BCUT2D eigenvalue weighted by molar-refractivity contribution is 5.78. The number of hydrogen-bond acceptors (Lipinski definition) is 4. The molecule has 1 aromatic carbocycles. The summed E-state index contributed by atoms with van der Waals surface area (Å²) in [5, 5.41) is 3.02. The Hall–Kier alpha value is -3.08. The van der Waals surface area contributed by atoms with Crippen LogP contribution in [0.2, 0.25) is 0 Å². The van der Waals surface area contributed by atoms with Gasteiger partial charge in [0.05, 0.1) is 0 Å². The van der Waals surface area contributed by atoms with E-state index in [0.29, 0.717) is 12.5 Å². The lowest BCUT2D eigenvalue weighted by Crippen LogP contribution is -2.14. The molecule has 0 amide bonds. The molecule has 0 radical (unpaired) electrons. The first-order valence-electron chi connectivity index (χ1n) is 11.3. The second-order valence-electron chi connectivity index (χ2n) is 8.30. The first-order chi connectivity index (χ1) is 15.2. The minimum absolute atomic E-state index is 0.0180. The number of nitrogens with zero attached hydrogens (tertiary/aromatic N) is 2. The third-order valence-electron chi connectivity index (χ3n) is 6.06. The van der Waals surface area contributed by atoms with Crippen molar-refractivity contribution in [2.45, 2.75) is 51.6 Å². The first-order valence-corrected chi connectivity index (χ1v) is 11.3. The van der Waals surface area contributed by atoms with Gasteiger partial charge in [0.25, 0.3) is 5.56 Å². The summed E-state index contributed by atoms with van der Waals surface area (Å²) in [5.41, 5.74) is 5.12. The molecule has 31 heavy (non-hydrogen) atoms. The molecule has 0 atom stereocenters. The summed E-state index contributed by atoms with van der Waals surface area (Å²) in [6.07, 6.45) is 12.3. The van der Waals surface area contributed by atoms with Crippen LogP contribution in [-0.2, 0) is 13.7 Å². The Balaban J connectivity index is 0.000000282. The van der Waals surface area contributed by atoms with Crippen molar-refractivity contribution in [2.24, 2.45) is 7.05 Å². The van der Waals surface area contributed by atoms with Crippen molar-refractivity contribution >= 4 is 5.82 Å². The molecule has 3 aromatic rings. The van der Waals surface area contributed by atoms with Crippen LogP contribution in [0.3, 0.4) is 0 Å². The van der Waals surface area contributed by atoms with E-state index in [4.69, 9.17) is 4.74 Å². The van der Waals surface area contributed by atoms with Crippen LogP contribution in [0.25, 0.3) is 22.3 Å². The summed E-state index contributed by atoms with van der Waals surface area (Å²) >= 11 is 0. The van der Waals surface area contributed by atoms with Crippen LogP contribution in [0.4, 0.5) is 5.82 Å². The van der Waals surface area contributed by atoms with E-state index in [9.17, 15) is 4.79 Å². The minimum Gasteiger partial charge on any atom is -0.472 e. The molecule has 0 unspecified atom stereocenters. The third kappa shape index (κ3) is 4.98. The fourth-order valence-corrected chi connectivity index (χ4v) is 4.16. The molecule has 3 heterocycles. The van der Waals surface area contributed by atoms with Gasteiger partial charge in [-0.3, -0.25) is 4.79 Å². The van der Waals surface area contributed by atoms with Crippen LogP contribution in [-0.4, -0.2) is 16.6 Å². The Morgan fingerprint density at radius 2 is 1.52 bits per heavy atom. The van der Waals surface area contributed by atoms with Gasteiger partial charge in [-0.05, 0) is 46.5 Å². The van der Waals surface area contributed by atoms with Crippen molar-refractivity contribution in [3.63, 3.8) is 0 Å². The number of aryl methyl sites for hydroxylation is 1. The number of nitrogens with one attached hydrogen (secondary N) is 1. The summed E-state index contributed by atoms with van der Waals surface area (Å²) in [4.78, 5) is 16.3. The van der Waals surface area contributed by atoms with Crippen molar-refractivity contribution < 1.29 is 4.74 Å². The van der Waals surface area contributed by atoms with E-state index in [1.807, 2.05) is 31.3 Å². The number of anilines is 1. The SMILES string of the molecule is C1CCCCCC1.CNc1ccc2c(n1)OCc1cc(-c3ccn(C)c(=O)c3)ccc1-2. The Morgan fingerprint density at radius 3 is 2.16 bits per heavy atom. The highest BCUT2D eigenvalue weighted by atomic mass is 16.5. The molecule has 1 N–H and O–H groups in total. The maximum absolute atomic E-state index is 11.8. The lowest BCUT2D eigenvalue weighted by molar-refractivity contribution is 0.290. The molecule has 1 aliphatic carbocycles. The van der Waals surface area contributed by atoms with Gasteiger partial charge in [0.15, 0.2) is 0 Å². The minimum atomic E-state index is -0.0180. The fraction of sp³-hybridized carbons (Fsp3) is 0.385. The molecular formula is C26H31N3O2. The average Bonchev–Trinajstić information content (AvgIpc) is 3.13. The molecule has 1 fully saturated rings. The van der Waals surface area contributed by atoms with E-state index >= 15 is 0 Å². The standard InChI is InChI=1S/C19H17N3O2.C7H14/c1-20-17-6-5-16-15-4-3-12(9-14(15)11-24-19(16)21-17)13-7-8-22(2)18(23)10-13;1-2-4-6-7-5-3-1/h3-10H,11H2,1-2H3,(H,20,21);1-7H2. The van der Waals surface area contributed by atoms with Gasteiger partial charge in [-0.1, -0.05) is 57.1 Å². The molecule has 5 rings (SSSR count). The van der Waals surface area contributed by atoms with Crippen LogP contribution in [0.5, 0.6) is 5.88 Å². The van der Waals surface area contributed by atoms with Crippen LogP contribution >= 0.6 is 0 Å². The van der Waals surface area contributed by atoms with Gasteiger partial charge in [-0.2, -0.15) is 4.98 Å². The Labute approximate surface area is 184 Å². The van der Waals surface area contributed by atoms with Crippen molar-refractivity contribution in [1.29, 1.82) is 0 Å². The predicted octanol–water partition coefficient (Wildman–Crippen LogP) is 5.78. The van der Waals surface area contributed by atoms with Gasteiger partial charge < -0.3 is 14.6 Å². The zero-order valence-corrected chi connectivity index (χ0v) is 18.5. The van der Waals surface area contributed by atoms with Crippen LogP contribution in [0.15, 0.2) is 53.5 Å². The molecule has 2 aromatic heterocycles. The molecule has 1 saturated carbocycles. The number of aromatic nitrogens is 2. The summed E-state index contributed by atoms with van der Waals surface area (Å²) < 4.78 is 7.37. The molecule has 1 aliphatic heterocycles. The van der Waals surface area contributed by atoms with Crippen molar-refractivity contribution in [3.8, 4) is 28.1 Å². The van der Waals surface area contributed by atoms with E-state index in [1.54, 1.807) is 23.9 Å². The Bertz CT molecular complexity index is 1080. The summed E-state index contributed by atoms with van der Waals surface area (Å²) in [7, 11) is 3.58. The van der Waals surface area contributed by atoms with E-state index in [-0.39, 0.29) is 5.56 Å². The summed E-state index contributed by atoms with van der Waals surface area (Å²) in [6.45, 7) is 0.473. The maximum Gasteiger partial charge on any atom is 0.250 e.